The highest BCUT2D eigenvalue weighted by Crippen LogP contribution is 2.25. The summed E-state index contributed by atoms with van der Waals surface area (Å²) in [5, 5.41) is 9.97. The van der Waals surface area contributed by atoms with Gasteiger partial charge in [0.1, 0.15) is 0 Å². The summed E-state index contributed by atoms with van der Waals surface area (Å²) in [7, 11) is 0. The number of amides is 1. The second kappa shape index (κ2) is 13.1. The average molecular weight is 502 g/mol. The maximum absolute atomic E-state index is 12.8. The fraction of sp³-hybridized carbons (Fsp3) is 0.276. The first kappa shape index (κ1) is 25.7. The van der Waals surface area contributed by atoms with Crippen molar-refractivity contribution in [1.82, 2.24) is 15.5 Å². The molecule has 6 nitrogen and oxygen atoms in total. The Morgan fingerprint density at radius 1 is 1.08 bits per heavy atom. The van der Waals surface area contributed by atoms with Crippen LogP contribution in [0.3, 0.4) is 0 Å². The molecule has 4 rings (SSSR count). The van der Waals surface area contributed by atoms with Gasteiger partial charge in [0.2, 0.25) is 0 Å². The summed E-state index contributed by atoms with van der Waals surface area (Å²) in [4.78, 5) is 16.5. The van der Waals surface area contributed by atoms with Gasteiger partial charge in [-0.05, 0) is 53.8 Å². The Bertz CT molecular complexity index is 1180. The SMILES string of the molecule is C=C(NCC/C=C\c1sc(C(=O)N2CCNCC2)cc1CN)Nc1cccc(Cc2ccccc2)c1. The predicted octanol–water partition coefficient (Wildman–Crippen LogP) is 4.42. The number of thiophene rings is 1. The molecule has 3 aromatic rings. The summed E-state index contributed by atoms with van der Waals surface area (Å²) in [6, 6.07) is 20.8. The molecule has 0 atom stereocenters. The largest absolute Gasteiger partial charge is 0.372 e. The summed E-state index contributed by atoms with van der Waals surface area (Å²) in [6.45, 7) is 8.48. The third-order valence-corrected chi connectivity index (χ3v) is 7.20. The van der Waals surface area contributed by atoms with Crippen molar-refractivity contribution >= 4 is 29.0 Å². The van der Waals surface area contributed by atoms with Gasteiger partial charge >= 0.3 is 0 Å². The number of nitrogens with zero attached hydrogens (tertiary/aromatic N) is 1. The van der Waals surface area contributed by atoms with E-state index >= 15 is 0 Å². The lowest BCUT2D eigenvalue weighted by Crippen LogP contribution is -2.46. The van der Waals surface area contributed by atoms with Crippen molar-refractivity contribution in [3.63, 3.8) is 0 Å². The third-order valence-electron chi connectivity index (χ3n) is 6.07. The number of carbonyl (C=O) groups excluding carboxylic acids is 1. The van der Waals surface area contributed by atoms with Crippen LogP contribution >= 0.6 is 11.3 Å². The lowest BCUT2D eigenvalue weighted by atomic mass is 10.0. The number of carbonyl (C=O) groups is 1. The number of hydrogen-bond donors (Lipinski definition) is 4. The summed E-state index contributed by atoms with van der Waals surface area (Å²) in [5.41, 5.74) is 10.5. The van der Waals surface area contributed by atoms with Gasteiger partial charge in [0.25, 0.3) is 5.91 Å². The zero-order chi connectivity index (χ0) is 25.2. The van der Waals surface area contributed by atoms with Gasteiger partial charge in [0.15, 0.2) is 0 Å². The zero-order valence-corrected chi connectivity index (χ0v) is 21.4. The number of rotatable bonds is 11. The monoisotopic (exact) mass is 501 g/mol. The fourth-order valence-electron chi connectivity index (χ4n) is 4.18. The Hall–Kier alpha value is -3.39. The van der Waals surface area contributed by atoms with Crippen molar-refractivity contribution in [2.24, 2.45) is 5.73 Å². The van der Waals surface area contributed by atoms with E-state index in [1.54, 1.807) is 0 Å². The second-order valence-corrected chi connectivity index (χ2v) is 9.91. The Morgan fingerprint density at radius 2 is 1.86 bits per heavy atom. The number of hydrogen-bond acceptors (Lipinski definition) is 6. The number of piperazine rings is 1. The van der Waals surface area contributed by atoms with E-state index in [4.69, 9.17) is 5.73 Å². The molecule has 0 unspecified atom stereocenters. The van der Waals surface area contributed by atoms with Crippen LogP contribution in [0.2, 0.25) is 0 Å². The van der Waals surface area contributed by atoms with E-state index < -0.39 is 0 Å². The highest BCUT2D eigenvalue weighted by Gasteiger charge is 2.20. The van der Waals surface area contributed by atoms with Gasteiger partial charge in [-0.3, -0.25) is 4.79 Å². The highest BCUT2D eigenvalue weighted by atomic mass is 32.1. The third kappa shape index (κ3) is 7.31. The molecule has 1 saturated heterocycles. The van der Waals surface area contributed by atoms with Crippen molar-refractivity contribution in [3.8, 4) is 0 Å². The van der Waals surface area contributed by atoms with E-state index in [1.807, 2.05) is 23.1 Å². The molecule has 0 radical (unpaired) electrons. The van der Waals surface area contributed by atoms with Crippen LogP contribution in [0.4, 0.5) is 5.69 Å². The van der Waals surface area contributed by atoms with Gasteiger partial charge < -0.3 is 26.6 Å². The molecule has 0 spiro atoms. The van der Waals surface area contributed by atoms with Crippen molar-refractivity contribution in [3.05, 3.63) is 106 Å². The minimum Gasteiger partial charge on any atom is -0.372 e. The fourth-order valence-corrected chi connectivity index (χ4v) is 5.27. The van der Waals surface area contributed by atoms with Gasteiger partial charge in [-0.1, -0.05) is 55.1 Å². The van der Waals surface area contributed by atoms with Crippen LogP contribution in [0.5, 0.6) is 0 Å². The molecule has 2 heterocycles. The maximum atomic E-state index is 12.8. The topological polar surface area (TPSA) is 82.4 Å². The number of nitrogens with two attached hydrogens (primary N) is 1. The van der Waals surface area contributed by atoms with Crippen LogP contribution < -0.4 is 21.7 Å². The van der Waals surface area contributed by atoms with Gasteiger partial charge in [0, 0.05) is 49.8 Å². The number of anilines is 1. The van der Waals surface area contributed by atoms with Crippen LogP contribution in [-0.2, 0) is 13.0 Å². The minimum atomic E-state index is 0.104. The molecule has 0 saturated carbocycles. The van der Waals surface area contributed by atoms with Crippen molar-refractivity contribution in [2.45, 2.75) is 19.4 Å². The van der Waals surface area contributed by atoms with Crippen LogP contribution in [0.1, 0.15) is 37.7 Å². The van der Waals surface area contributed by atoms with Crippen LogP contribution in [0.25, 0.3) is 6.08 Å². The predicted molar refractivity (Wildman–Crippen MR) is 151 cm³/mol. The van der Waals surface area contributed by atoms with E-state index in [-0.39, 0.29) is 5.91 Å². The van der Waals surface area contributed by atoms with E-state index in [2.05, 4.69) is 77.1 Å². The molecule has 5 N–H and O–H groups in total. The zero-order valence-electron chi connectivity index (χ0n) is 20.6. The summed E-state index contributed by atoms with van der Waals surface area (Å²) in [6.07, 6.45) is 5.92. The Labute approximate surface area is 217 Å². The minimum absolute atomic E-state index is 0.104. The second-order valence-electron chi connectivity index (χ2n) is 8.83. The first-order chi connectivity index (χ1) is 17.6. The van der Waals surface area contributed by atoms with Gasteiger partial charge in [-0.15, -0.1) is 11.3 Å². The van der Waals surface area contributed by atoms with Crippen molar-refractivity contribution in [2.75, 3.05) is 38.0 Å². The Balaban J connectivity index is 1.24. The summed E-state index contributed by atoms with van der Waals surface area (Å²) in [5.74, 6) is 0.871. The summed E-state index contributed by atoms with van der Waals surface area (Å²) >= 11 is 1.53. The van der Waals surface area contributed by atoms with Crippen LogP contribution in [0.15, 0.2) is 79.1 Å². The molecule has 7 heteroatoms. The molecule has 2 aromatic carbocycles. The number of nitrogens with one attached hydrogen (secondary N) is 3. The van der Waals surface area contributed by atoms with E-state index in [1.165, 1.54) is 22.5 Å². The highest BCUT2D eigenvalue weighted by molar-refractivity contribution is 7.15. The smallest absolute Gasteiger partial charge is 0.264 e. The first-order valence-electron chi connectivity index (χ1n) is 12.4. The van der Waals surface area contributed by atoms with Crippen molar-refractivity contribution < 1.29 is 4.79 Å². The molecular formula is C29H35N5OS. The normalized spacial score (nSPS) is 13.6. The lowest BCUT2D eigenvalue weighted by molar-refractivity contribution is 0.0740. The molecule has 1 aliphatic rings. The molecule has 188 valence electrons. The van der Waals surface area contributed by atoms with E-state index in [9.17, 15) is 4.79 Å². The maximum Gasteiger partial charge on any atom is 0.264 e. The van der Waals surface area contributed by atoms with Gasteiger partial charge in [0.05, 0.1) is 10.7 Å². The quantitative estimate of drug-likeness (QED) is 0.293. The molecule has 1 aromatic heterocycles. The molecular weight excluding hydrogens is 466 g/mol. The van der Waals surface area contributed by atoms with E-state index in [0.29, 0.717) is 6.54 Å². The van der Waals surface area contributed by atoms with Gasteiger partial charge in [-0.2, -0.15) is 0 Å². The standard InChI is InChI=1S/C29H35N5OS/c1-22(33-26-11-7-10-24(19-26)18-23-8-3-2-4-9-23)32-13-6-5-12-27-25(21-30)20-28(36-27)29(35)34-16-14-31-15-17-34/h2-5,7-12,19-20,31-33H,1,6,13-18,21,30H2/b12-5-. The lowest BCUT2D eigenvalue weighted by Gasteiger charge is -2.26. The Morgan fingerprint density at radius 3 is 2.64 bits per heavy atom. The molecule has 1 aliphatic heterocycles. The molecule has 0 aliphatic carbocycles. The van der Waals surface area contributed by atoms with Crippen molar-refractivity contribution in [1.29, 1.82) is 0 Å². The molecule has 1 fully saturated rings. The van der Waals surface area contributed by atoms with Gasteiger partial charge in [-0.25, -0.2) is 0 Å². The average Bonchev–Trinajstić information content (AvgIpc) is 3.32. The number of benzene rings is 2. The summed E-state index contributed by atoms with van der Waals surface area (Å²) < 4.78 is 0. The molecule has 1 amide bonds. The van der Waals surface area contributed by atoms with Crippen LogP contribution in [-0.4, -0.2) is 43.5 Å². The molecule has 36 heavy (non-hydrogen) atoms. The van der Waals surface area contributed by atoms with E-state index in [0.717, 1.165) is 72.4 Å². The molecule has 0 bridgehead atoms. The Kier molecular flexibility index (Phi) is 9.33. The van der Waals surface area contributed by atoms with Crippen LogP contribution in [0, 0.1) is 0 Å². The first-order valence-corrected chi connectivity index (χ1v) is 13.3.